The van der Waals surface area contributed by atoms with Crippen LogP contribution in [-0.2, 0) is 6.42 Å². The van der Waals surface area contributed by atoms with Crippen LogP contribution in [-0.4, -0.2) is 17.4 Å². The first-order chi connectivity index (χ1) is 9.61. The number of aromatic nitrogens is 1. The first kappa shape index (κ1) is 14.2. The molecule has 0 amide bonds. The number of benzene rings is 1. The monoisotopic (exact) mass is 286 g/mol. The maximum atomic E-state index is 11.5. The number of thiazole rings is 1. The number of ketones is 1. The van der Waals surface area contributed by atoms with E-state index in [0.29, 0.717) is 23.5 Å². The fourth-order valence-corrected chi connectivity index (χ4v) is 2.58. The smallest absolute Gasteiger partial charge is 0.163 e. The van der Waals surface area contributed by atoms with E-state index in [2.05, 4.69) is 4.98 Å². The first-order valence-electron chi connectivity index (χ1n) is 6.18. The van der Waals surface area contributed by atoms with Crippen LogP contribution in [0.1, 0.15) is 33.4 Å². The van der Waals surface area contributed by atoms with Crippen LogP contribution >= 0.6 is 11.3 Å². The van der Waals surface area contributed by atoms with Crippen molar-refractivity contribution in [2.24, 2.45) is 0 Å². The SMILES string of the molecule is CC(=O)c1ccc(C#N)cc1OCCc1scnc1C. The molecular formula is C15H14N2O2S. The van der Waals surface area contributed by atoms with Gasteiger partial charge < -0.3 is 4.74 Å². The van der Waals surface area contributed by atoms with Gasteiger partial charge in [-0.3, -0.25) is 4.79 Å². The topological polar surface area (TPSA) is 63.0 Å². The van der Waals surface area contributed by atoms with E-state index in [-0.39, 0.29) is 5.78 Å². The molecule has 102 valence electrons. The summed E-state index contributed by atoms with van der Waals surface area (Å²) in [7, 11) is 0. The zero-order chi connectivity index (χ0) is 14.5. The zero-order valence-electron chi connectivity index (χ0n) is 11.3. The molecule has 1 aromatic heterocycles. The van der Waals surface area contributed by atoms with Crippen LogP contribution in [0.5, 0.6) is 5.75 Å². The van der Waals surface area contributed by atoms with E-state index in [0.717, 1.165) is 12.1 Å². The Morgan fingerprint density at radius 2 is 2.30 bits per heavy atom. The second-order valence-corrected chi connectivity index (χ2v) is 5.28. The van der Waals surface area contributed by atoms with Gasteiger partial charge in [-0.25, -0.2) is 4.98 Å². The summed E-state index contributed by atoms with van der Waals surface area (Å²) in [6.07, 6.45) is 0.741. The molecule has 5 heteroatoms. The number of carbonyl (C=O) groups excluding carboxylic acids is 1. The third kappa shape index (κ3) is 3.22. The van der Waals surface area contributed by atoms with Crippen LogP contribution in [0.3, 0.4) is 0 Å². The van der Waals surface area contributed by atoms with Crippen molar-refractivity contribution in [2.45, 2.75) is 20.3 Å². The Kier molecular flexibility index (Phi) is 4.49. The molecule has 0 saturated heterocycles. The van der Waals surface area contributed by atoms with Crippen molar-refractivity contribution in [1.82, 2.24) is 4.98 Å². The lowest BCUT2D eigenvalue weighted by molar-refractivity contribution is 0.101. The average molecular weight is 286 g/mol. The minimum Gasteiger partial charge on any atom is -0.492 e. The first-order valence-corrected chi connectivity index (χ1v) is 7.06. The van der Waals surface area contributed by atoms with Crippen molar-refractivity contribution in [1.29, 1.82) is 5.26 Å². The van der Waals surface area contributed by atoms with E-state index >= 15 is 0 Å². The van der Waals surface area contributed by atoms with E-state index in [1.807, 2.05) is 18.5 Å². The highest BCUT2D eigenvalue weighted by molar-refractivity contribution is 7.09. The number of nitrogens with zero attached hydrogens (tertiary/aromatic N) is 2. The van der Waals surface area contributed by atoms with Crippen molar-refractivity contribution in [3.63, 3.8) is 0 Å². The highest BCUT2D eigenvalue weighted by Gasteiger charge is 2.10. The van der Waals surface area contributed by atoms with E-state index in [4.69, 9.17) is 10.00 Å². The Bertz CT molecular complexity index is 671. The van der Waals surface area contributed by atoms with E-state index in [1.165, 1.54) is 11.8 Å². The number of Topliss-reactive ketones (excluding diaryl/α,β-unsaturated/α-hetero) is 1. The standard InChI is InChI=1S/C15H14N2O2S/c1-10-15(20-9-17-10)5-6-19-14-7-12(8-16)3-4-13(14)11(2)18/h3-4,7,9H,5-6H2,1-2H3. The molecule has 20 heavy (non-hydrogen) atoms. The molecule has 0 aliphatic carbocycles. The number of rotatable bonds is 5. The van der Waals surface area contributed by atoms with Gasteiger partial charge in [-0.05, 0) is 32.0 Å². The molecule has 0 saturated carbocycles. The molecule has 0 aliphatic rings. The van der Waals surface area contributed by atoms with Gasteiger partial charge in [0, 0.05) is 11.3 Å². The fourth-order valence-electron chi connectivity index (χ4n) is 1.82. The molecule has 0 radical (unpaired) electrons. The van der Waals surface area contributed by atoms with Gasteiger partial charge in [0.1, 0.15) is 5.75 Å². The Hall–Kier alpha value is -2.19. The van der Waals surface area contributed by atoms with Crippen LogP contribution in [0.2, 0.25) is 0 Å². The summed E-state index contributed by atoms with van der Waals surface area (Å²) in [6.45, 7) is 3.91. The number of carbonyl (C=O) groups is 1. The van der Waals surface area contributed by atoms with Gasteiger partial charge in [0.25, 0.3) is 0 Å². The van der Waals surface area contributed by atoms with Crippen LogP contribution < -0.4 is 4.74 Å². The molecule has 2 aromatic rings. The molecule has 1 aromatic carbocycles. The van der Waals surface area contributed by atoms with Gasteiger partial charge in [-0.2, -0.15) is 5.26 Å². The van der Waals surface area contributed by atoms with E-state index in [1.54, 1.807) is 29.5 Å². The maximum Gasteiger partial charge on any atom is 0.163 e. The van der Waals surface area contributed by atoms with Crippen molar-refractivity contribution >= 4 is 17.1 Å². The van der Waals surface area contributed by atoms with Gasteiger partial charge in [0.05, 0.1) is 35.0 Å². The van der Waals surface area contributed by atoms with Gasteiger partial charge in [0.15, 0.2) is 5.78 Å². The van der Waals surface area contributed by atoms with Crippen molar-refractivity contribution < 1.29 is 9.53 Å². The quantitative estimate of drug-likeness (QED) is 0.792. The molecule has 1 heterocycles. The number of nitriles is 1. The van der Waals surface area contributed by atoms with Crippen LogP contribution in [0, 0.1) is 18.3 Å². The van der Waals surface area contributed by atoms with Gasteiger partial charge in [-0.1, -0.05) is 0 Å². The van der Waals surface area contributed by atoms with Crippen LogP contribution in [0.25, 0.3) is 0 Å². The highest BCUT2D eigenvalue weighted by atomic mass is 32.1. The molecule has 2 rings (SSSR count). The fraction of sp³-hybridized carbons (Fsp3) is 0.267. The summed E-state index contributed by atoms with van der Waals surface area (Å²) >= 11 is 1.59. The average Bonchev–Trinajstić information content (AvgIpc) is 2.84. The highest BCUT2D eigenvalue weighted by Crippen LogP contribution is 2.22. The number of ether oxygens (including phenoxy) is 1. The number of aryl methyl sites for hydroxylation is 1. The normalized spacial score (nSPS) is 10.1. The molecule has 0 spiro atoms. The molecular weight excluding hydrogens is 272 g/mol. The minimum absolute atomic E-state index is 0.0709. The third-order valence-electron chi connectivity index (χ3n) is 2.92. The molecule has 0 unspecified atom stereocenters. The molecule has 0 aliphatic heterocycles. The molecule has 0 atom stereocenters. The van der Waals surface area contributed by atoms with Crippen molar-refractivity contribution in [2.75, 3.05) is 6.61 Å². The van der Waals surface area contributed by atoms with E-state index < -0.39 is 0 Å². The van der Waals surface area contributed by atoms with Crippen molar-refractivity contribution in [3.8, 4) is 11.8 Å². The summed E-state index contributed by atoms with van der Waals surface area (Å²) in [4.78, 5) is 16.9. The molecule has 0 N–H and O–H groups in total. The molecule has 0 bridgehead atoms. The second kappa shape index (κ2) is 6.31. The minimum atomic E-state index is -0.0709. The molecule has 4 nitrogen and oxygen atoms in total. The lowest BCUT2D eigenvalue weighted by Crippen LogP contribution is -2.05. The maximum absolute atomic E-state index is 11.5. The summed E-state index contributed by atoms with van der Waals surface area (Å²) in [6, 6.07) is 6.91. The van der Waals surface area contributed by atoms with Gasteiger partial charge >= 0.3 is 0 Å². The van der Waals surface area contributed by atoms with E-state index in [9.17, 15) is 4.79 Å². The Morgan fingerprint density at radius 1 is 1.50 bits per heavy atom. The third-order valence-corrected chi connectivity index (χ3v) is 3.92. The largest absolute Gasteiger partial charge is 0.492 e. The van der Waals surface area contributed by atoms with Gasteiger partial charge in [0.2, 0.25) is 0 Å². The lowest BCUT2D eigenvalue weighted by atomic mass is 10.1. The Morgan fingerprint density at radius 3 is 2.90 bits per heavy atom. The second-order valence-electron chi connectivity index (χ2n) is 4.34. The van der Waals surface area contributed by atoms with Crippen LogP contribution in [0.15, 0.2) is 23.7 Å². The lowest BCUT2D eigenvalue weighted by Gasteiger charge is -2.09. The number of hydrogen-bond donors (Lipinski definition) is 0. The summed E-state index contributed by atoms with van der Waals surface area (Å²) in [5.41, 5.74) is 3.81. The van der Waals surface area contributed by atoms with Gasteiger partial charge in [-0.15, -0.1) is 11.3 Å². The Labute approximate surface area is 121 Å². The summed E-state index contributed by atoms with van der Waals surface area (Å²) in [5.74, 6) is 0.400. The van der Waals surface area contributed by atoms with Crippen molar-refractivity contribution in [3.05, 3.63) is 45.4 Å². The predicted molar refractivity (Wildman–Crippen MR) is 77.2 cm³/mol. The molecule has 0 fully saturated rings. The number of hydrogen-bond acceptors (Lipinski definition) is 5. The zero-order valence-corrected chi connectivity index (χ0v) is 12.2. The van der Waals surface area contributed by atoms with Crippen LogP contribution in [0.4, 0.5) is 0 Å². The summed E-state index contributed by atoms with van der Waals surface area (Å²) in [5, 5.41) is 8.91. The summed E-state index contributed by atoms with van der Waals surface area (Å²) < 4.78 is 5.68. The Balaban J connectivity index is 2.10. The predicted octanol–water partition coefficient (Wildman–Crippen LogP) is 3.15.